The Bertz CT molecular complexity index is 980. The second-order valence-electron chi connectivity index (χ2n) is 6.89. The minimum absolute atomic E-state index is 0.0252. The number of hydrogen-bond acceptors (Lipinski definition) is 6. The minimum atomic E-state index is -0.959. The van der Waals surface area contributed by atoms with Gasteiger partial charge < -0.3 is 15.1 Å². The van der Waals surface area contributed by atoms with E-state index in [1.165, 1.54) is 12.1 Å². The number of anilines is 3. The molecule has 0 aliphatic carbocycles. The molecule has 0 atom stereocenters. The van der Waals surface area contributed by atoms with Crippen LogP contribution in [0.4, 0.5) is 26.2 Å². The van der Waals surface area contributed by atoms with Gasteiger partial charge in [0.1, 0.15) is 11.6 Å². The fourth-order valence-corrected chi connectivity index (χ4v) is 3.11. The Morgan fingerprint density at radius 1 is 1.04 bits per heavy atom. The normalized spacial score (nSPS) is 15.1. The van der Waals surface area contributed by atoms with Crippen molar-refractivity contribution in [3.05, 3.63) is 47.7 Å². The van der Waals surface area contributed by atoms with Gasteiger partial charge in [0.15, 0.2) is 23.3 Å². The Morgan fingerprint density at radius 3 is 2.54 bits per heavy atom. The molecule has 2 N–H and O–H groups in total. The zero-order valence-electron chi connectivity index (χ0n) is 15.7. The van der Waals surface area contributed by atoms with Crippen molar-refractivity contribution in [1.29, 1.82) is 0 Å². The lowest BCUT2D eigenvalue weighted by molar-refractivity contribution is 0.312. The van der Waals surface area contributed by atoms with Gasteiger partial charge in [0.2, 0.25) is 0 Å². The van der Waals surface area contributed by atoms with E-state index in [0.717, 1.165) is 37.9 Å². The lowest BCUT2D eigenvalue weighted by Crippen LogP contribution is -2.44. The van der Waals surface area contributed by atoms with Crippen LogP contribution in [0.3, 0.4) is 0 Å². The second kappa shape index (κ2) is 7.51. The molecule has 4 rings (SSSR count). The molecule has 3 heterocycles. The lowest BCUT2D eigenvalue weighted by Gasteiger charge is -2.33. The summed E-state index contributed by atoms with van der Waals surface area (Å²) in [6.07, 6.45) is 0. The van der Waals surface area contributed by atoms with Gasteiger partial charge in [-0.25, -0.2) is 18.7 Å². The van der Waals surface area contributed by atoms with Crippen LogP contribution < -0.4 is 10.2 Å². The van der Waals surface area contributed by atoms with Crippen LogP contribution in [0.1, 0.15) is 5.69 Å². The molecule has 7 nitrogen and oxygen atoms in total. The molecule has 1 saturated heterocycles. The summed E-state index contributed by atoms with van der Waals surface area (Å²) >= 11 is 0. The molecule has 0 radical (unpaired) electrons. The summed E-state index contributed by atoms with van der Waals surface area (Å²) < 4.78 is 28.1. The summed E-state index contributed by atoms with van der Waals surface area (Å²) in [7, 11) is 2.07. The van der Waals surface area contributed by atoms with E-state index in [4.69, 9.17) is 0 Å². The second-order valence-corrected chi connectivity index (χ2v) is 6.89. The SMILES string of the molecule is Cc1cc(Nc2cc(N3CCN(C)CC3)nc(-c3cccc(F)c3F)n2)n[nH]1. The van der Waals surface area contributed by atoms with Crippen molar-refractivity contribution in [2.75, 3.05) is 43.4 Å². The lowest BCUT2D eigenvalue weighted by atomic mass is 10.2. The smallest absolute Gasteiger partial charge is 0.169 e. The zero-order chi connectivity index (χ0) is 19.7. The molecule has 9 heteroatoms. The van der Waals surface area contributed by atoms with Crippen LogP contribution in [-0.2, 0) is 0 Å². The Balaban J connectivity index is 1.75. The molecule has 0 amide bonds. The van der Waals surface area contributed by atoms with Crippen LogP contribution in [0.15, 0.2) is 30.3 Å². The number of halogens is 2. The third-order valence-corrected chi connectivity index (χ3v) is 4.69. The van der Waals surface area contributed by atoms with Crippen molar-refractivity contribution < 1.29 is 8.78 Å². The molecule has 3 aromatic rings. The quantitative estimate of drug-likeness (QED) is 0.720. The average Bonchev–Trinajstić information content (AvgIpc) is 3.09. The van der Waals surface area contributed by atoms with E-state index in [2.05, 4.69) is 42.3 Å². The van der Waals surface area contributed by atoms with Gasteiger partial charge in [-0.1, -0.05) is 6.07 Å². The first-order valence-corrected chi connectivity index (χ1v) is 9.05. The van der Waals surface area contributed by atoms with E-state index >= 15 is 0 Å². The number of rotatable bonds is 4. The van der Waals surface area contributed by atoms with Gasteiger partial charge in [-0.15, -0.1) is 0 Å². The molecule has 0 bridgehead atoms. The van der Waals surface area contributed by atoms with Crippen LogP contribution in [0.5, 0.6) is 0 Å². The van der Waals surface area contributed by atoms with E-state index in [-0.39, 0.29) is 11.4 Å². The van der Waals surface area contributed by atoms with Gasteiger partial charge in [-0.3, -0.25) is 5.10 Å². The first-order chi connectivity index (χ1) is 13.5. The number of likely N-dealkylation sites (N-methyl/N-ethyl adjacent to an activating group) is 1. The van der Waals surface area contributed by atoms with E-state index in [1.54, 1.807) is 6.07 Å². The Kier molecular flexibility index (Phi) is 4.91. The molecule has 1 fully saturated rings. The van der Waals surface area contributed by atoms with Gasteiger partial charge in [0, 0.05) is 44.0 Å². The number of H-pyrrole nitrogens is 1. The molecule has 2 aromatic heterocycles. The Hall–Kier alpha value is -3.07. The van der Waals surface area contributed by atoms with Crippen LogP contribution in [0.25, 0.3) is 11.4 Å². The molecule has 1 aromatic carbocycles. The molecule has 0 saturated carbocycles. The van der Waals surface area contributed by atoms with Crippen LogP contribution in [-0.4, -0.2) is 58.3 Å². The van der Waals surface area contributed by atoms with Crippen molar-refractivity contribution in [1.82, 2.24) is 25.1 Å². The summed E-state index contributed by atoms with van der Waals surface area (Å²) in [5.41, 5.74) is 0.921. The van der Waals surface area contributed by atoms with E-state index in [9.17, 15) is 8.78 Å². The summed E-state index contributed by atoms with van der Waals surface area (Å²) in [6, 6.07) is 7.64. The van der Waals surface area contributed by atoms with Crippen molar-refractivity contribution in [3.8, 4) is 11.4 Å². The minimum Gasteiger partial charge on any atom is -0.354 e. The number of aryl methyl sites for hydroxylation is 1. The standard InChI is InChI=1S/C19H21F2N7/c1-12-10-16(26-25-12)22-15-11-17(28-8-6-27(2)7-9-28)24-19(23-15)13-4-3-5-14(20)18(13)21/h3-5,10-11H,6-9H2,1-2H3,(H2,22,23,24,25,26). The van der Waals surface area contributed by atoms with Crippen LogP contribution >= 0.6 is 0 Å². The summed E-state index contributed by atoms with van der Waals surface area (Å²) in [5.74, 6) is -0.0388. The van der Waals surface area contributed by atoms with Crippen LogP contribution in [0, 0.1) is 18.6 Å². The van der Waals surface area contributed by atoms with Crippen molar-refractivity contribution in [2.24, 2.45) is 0 Å². The molecule has 28 heavy (non-hydrogen) atoms. The van der Waals surface area contributed by atoms with Gasteiger partial charge in [-0.2, -0.15) is 5.10 Å². The van der Waals surface area contributed by atoms with Crippen molar-refractivity contribution in [2.45, 2.75) is 6.92 Å². The number of piperazine rings is 1. The third-order valence-electron chi connectivity index (χ3n) is 4.69. The maximum Gasteiger partial charge on any atom is 0.169 e. The Morgan fingerprint density at radius 2 is 1.82 bits per heavy atom. The van der Waals surface area contributed by atoms with Gasteiger partial charge in [0.05, 0.1) is 5.56 Å². The molecule has 146 valence electrons. The predicted molar refractivity (Wildman–Crippen MR) is 104 cm³/mol. The summed E-state index contributed by atoms with van der Waals surface area (Å²) in [4.78, 5) is 13.3. The van der Waals surface area contributed by atoms with Crippen molar-refractivity contribution >= 4 is 17.5 Å². The fourth-order valence-electron chi connectivity index (χ4n) is 3.11. The Labute approximate surface area is 161 Å². The monoisotopic (exact) mass is 385 g/mol. The molecule has 1 aliphatic rings. The van der Waals surface area contributed by atoms with E-state index in [0.29, 0.717) is 17.5 Å². The molecule has 0 unspecified atom stereocenters. The predicted octanol–water partition coefficient (Wildman–Crippen LogP) is 2.95. The maximum absolute atomic E-state index is 14.4. The molecule has 1 aliphatic heterocycles. The fraction of sp³-hybridized carbons (Fsp3) is 0.316. The highest BCUT2D eigenvalue weighted by Crippen LogP contribution is 2.27. The van der Waals surface area contributed by atoms with Gasteiger partial charge >= 0.3 is 0 Å². The molecule has 0 spiro atoms. The highest BCUT2D eigenvalue weighted by atomic mass is 19.2. The number of benzene rings is 1. The highest BCUT2D eigenvalue weighted by Gasteiger charge is 2.20. The maximum atomic E-state index is 14.4. The first-order valence-electron chi connectivity index (χ1n) is 9.05. The number of nitrogens with one attached hydrogen (secondary N) is 2. The number of aromatic amines is 1. The third kappa shape index (κ3) is 3.79. The average molecular weight is 385 g/mol. The molecular weight excluding hydrogens is 364 g/mol. The molecular formula is C19H21F2N7. The van der Waals surface area contributed by atoms with Crippen LogP contribution in [0.2, 0.25) is 0 Å². The van der Waals surface area contributed by atoms with E-state index < -0.39 is 11.6 Å². The number of aromatic nitrogens is 4. The topological polar surface area (TPSA) is 73.0 Å². The van der Waals surface area contributed by atoms with Gasteiger partial charge in [0.25, 0.3) is 0 Å². The van der Waals surface area contributed by atoms with Gasteiger partial charge in [-0.05, 0) is 26.1 Å². The summed E-state index contributed by atoms with van der Waals surface area (Å²) in [5, 5.41) is 10.1. The number of nitrogens with zero attached hydrogens (tertiary/aromatic N) is 5. The van der Waals surface area contributed by atoms with Crippen molar-refractivity contribution in [3.63, 3.8) is 0 Å². The largest absolute Gasteiger partial charge is 0.354 e. The zero-order valence-corrected chi connectivity index (χ0v) is 15.7. The summed E-state index contributed by atoms with van der Waals surface area (Å²) in [6.45, 7) is 5.27. The van der Waals surface area contributed by atoms with E-state index in [1.807, 2.05) is 13.0 Å². The number of hydrogen-bond donors (Lipinski definition) is 2. The highest BCUT2D eigenvalue weighted by molar-refractivity contribution is 5.65. The first kappa shape index (κ1) is 18.3.